The molecule has 110 valence electrons. The third-order valence-corrected chi connectivity index (χ3v) is 2.97. The molecule has 1 amide bonds. The molecule has 1 heterocycles. The first-order chi connectivity index (χ1) is 9.41. The van der Waals surface area contributed by atoms with Crippen LogP contribution >= 0.6 is 0 Å². The van der Waals surface area contributed by atoms with Crippen molar-refractivity contribution in [2.45, 2.75) is 25.7 Å². The SMILES string of the molecule is COc1ccc(C(=O)NCC2COC(C)(C)O2)cc1F. The molecule has 0 aliphatic carbocycles. The second-order valence-corrected chi connectivity index (χ2v) is 5.01. The number of carbonyl (C=O) groups is 1. The summed E-state index contributed by atoms with van der Waals surface area (Å²) in [5, 5.41) is 2.69. The van der Waals surface area contributed by atoms with Crippen LogP contribution in [0.15, 0.2) is 18.2 Å². The van der Waals surface area contributed by atoms with Gasteiger partial charge in [0.2, 0.25) is 0 Å². The summed E-state index contributed by atoms with van der Waals surface area (Å²) in [6, 6.07) is 4.07. The van der Waals surface area contributed by atoms with Crippen molar-refractivity contribution in [3.63, 3.8) is 0 Å². The van der Waals surface area contributed by atoms with Gasteiger partial charge >= 0.3 is 0 Å². The van der Waals surface area contributed by atoms with E-state index in [4.69, 9.17) is 14.2 Å². The van der Waals surface area contributed by atoms with E-state index in [0.717, 1.165) is 6.07 Å². The zero-order chi connectivity index (χ0) is 14.8. The number of methoxy groups -OCH3 is 1. The van der Waals surface area contributed by atoms with Crippen molar-refractivity contribution >= 4 is 5.91 Å². The normalized spacial score (nSPS) is 20.7. The summed E-state index contributed by atoms with van der Waals surface area (Å²) >= 11 is 0. The molecule has 0 saturated carbocycles. The van der Waals surface area contributed by atoms with E-state index in [9.17, 15) is 9.18 Å². The molecule has 6 heteroatoms. The fraction of sp³-hybridized carbons (Fsp3) is 0.500. The van der Waals surface area contributed by atoms with E-state index < -0.39 is 11.6 Å². The molecule has 1 aromatic carbocycles. The lowest BCUT2D eigenvalue weighted by molar-refractivity contribution is -0.137. The predicted molar refractivity (Wildman–Crippen MR) is 70.2 cm³/mol. The minimum absolute atomic E-state index is 0.107. The van der Waals surface area contributed by atoms with Gasteiger partial charge in [-0.25, -0.2) is 4.39 Å². The molecule has 1 aliphatic rings. The van der Waals surface area contributed by atoms with E-state index in [1.807, 2.05) is 13.8 Å². The Bertz CT molecular complexity index is 504. The van der Waals surface area contributed by atoms with Crippen LogP contribution < -0.4 is 10.1 Å². The second kappa shape index (κ2) is 5.76. The number of hydrogen-bond donors (Lipinski definition) is 1. The molecule has 0 aromatic heterocycles. The first kappa shape index (κ1) is 14.7. The lowest BCUT2D eigenvalue weighted by atomic mass is 10.2. The smallest absolute Gasteiger partial charge is 0.251 e. The maximum Gasteiger partial charge on any atom is 0.251 e. The Balaban J connectivity index is 1.91. The summed E-state index contributed by atoms with van der Waals surface area (Å²) in [5.74, 6) is -1.45. The summed E-state index contributed by atoms with van der Waals surface area (Å²) in [7, 11) is 1.37. The molecule has 0 radical (unpaired) electrons. The van der Waals surface area contributed by atoms with Gasteiger partial charge in [-0.15, -0.1) is 0 Å². The van der Waals surface area contributed by atoms with E-state index in [1.165, 1.54) is 19.2 Å². The van der Waals surface area contributed by atoms with Crippen LogP contribution in [0, 0.1) is 5.82 Å². The van der Waals surface area contributed by atoms with Crippen LogP contribution in [0.25, 0.3) is 0 Å². The molecule has 0 spiro atoms. The second-order valence-electron chi connectivity index (χ2n) is 5.01. The number of hydrogen-bond acceptors (Lipinski definition) is 4. The third kappa shape index (κ3) is 3.46. The van der Waals surface area contributed by atoms with Gasteiger partial charge in [0.15, 0.2) is 17.4 Å². The zero-order valence-corrected chi connectivity index (χ0v) is 11.7. The van der Waals surface area contributed by atoms with Crippen molar-refractivity contribution in [2.24, 2.45) is 0 Å². The molecule has 1 fully saturated rings. The van der Waals surface area contributed by atoms with Gasteiger partial charge in [0.25, 0.3) is 5.91 Å². The summed E-state index contributed by atoms with van der Waals surface area (Å²) < 4.78 is 29.3. The average Bonchev–Trinajstić information content (AvgIpc) is 2.75. The highest BCUT2D eigenvalue weighted by Gasteiger charge is 2.32. The molecule has 1 N–H and O–H groups in total. The standard InChI is InChI=1S/C14H18FNO4/c1-14(2)19-8-10(20-14)7-16-13(17)9-4-5-12(18-3)11(15)6-9/h4-6,10H,7-8H2,1-3H3,(H,16,17). The Morgan fingerprint density at radius 3 is 2.85 bits per heavy atom. The molecule has 20 heavy (non-hydrogen) atoms. The first-order valence-corrected chi connectivity index (χ1v) is 6.35. The summed E-state index contributed by atoms with van der Waals surface area (Å²) in [6.07, 6.45) is -0.197. The summed E-state index contributed by atoms with van der Waals surface area (Å²) in [4.78, 5) is 11.9. The molecule has 5 nitrogen and oxygen atoms in total. The van der Waals surface area contributed by atoms with Crippen LogP contribution in [0.5, 0.6) is 5.75 Å². The number of nitrogens with one attached hydrogen (secondary N) is 1. The van der Waals surface area contributed by atoms with E-state index in [1.54, 1.807) is 0 Å². The quantitative estimate of drug-likeness (QED) is 0.914. The van der Waals surface area contributed by atoms with Gasteiger partial charge < -0.3 is 19.5 Å². The summed E-state index contributed by atoms with van der Waals surface area (Å²) in [5.41, 5.74) is 0.237. The molecule has 1 saturated heterocycles. The molecule has 1 unspecified atom stereocenters. The molecular weight excluding hydrogens is 265 g/mol. The van der Waals surface area contributed by atoms with Crippen molar-refractivity contribution in [3.05, 3.63) is 29.6 Å². The lowest BCUT2D eigenvalue weighted by Crippen LogP contribution is -2.34. The summed E-state index contributed by atoms with van der Waals surface area (Å²) in [6.45, 7) is 4.36. The third-order valence-electron chi connectivity index (χ3n) is 2.97. The van der Waals surface area contributed by atoms with Gasteiger partial charge in [-0.05, 0) is 32.0 Å². The highest BCUT2D eigenvalue weighted by molar-refractivity contribution is 5.94. The monoisotopic (exact) mass is 283 g/mol. The first-order valence-electron chi connectivity index (χ1n) is 6.35. The Kier molecular flexibility index (Phi) is 4.25. The van der Waals surface area contributed by atoms with E-state index >= 15 is 0 Å². The van der Waals surface area contributed by atoms with Crippen LogP contribution in [0.1, 0.15) is 24.2 Å². The molecule has 0 bridgehead atoms. The van der Waals surface area contributed by atoms with Crippen molar-refractivity contribution in [3.8, 4) is 5.75 Å². The maximum atomic E-state index is 13.5. The van der Waals surface area contributed by atoms with Crippen molar-refractivity contribution in [1.29, 1.82) is 0 Å². The Labute approximate surface area is 117 Å². The number of amides is 1. The van der Waals surface area contributed by atoms with E-state index in [2.05, 4.69) is 5.32 Å². The molecule has 1 aromatic rings. The molecule has 1 aliphatic heterocycles. The number of carbonyl (C=O) groups excluding carboxylic acids is 1. The molecule has 1 atom stereocenters. The van der Waals surface area contributed by atoms with Crippen molar-refractivity contribution in [2.75, 3.05) is 20.3 Å². The highest BCUT2D eigenvalue weighted by Crippen LogP contribution is 2.22. The van der Waals surface area contributed by atoms with Gasteiger partial charge in [0, 0.05) is 12.1 Å². The minimum Gasteiger partial charge on any atom is -0.494 e. The number of ether oxygens (including phenoxy) is 3. The fourth-order valence-electron chi connectivity index (χ4n) is 1.98. The zero-order valence-electron chi connectivity index (χ0n) is 11.7. The van der Waals surface area contributed by atoms with Crippen LogP contribution in [-0.2, 0) is 9.47 Å². The van der Waals surface area contributed by atoms with Gasteiger partial charge in [-0.1, -0.05) is 0 Å². The maximum absolute atomic E-state index is 13.5. The van der Waals surface area contributed by atoms with Gasteiger partial charge in [-0.2, -0.15) is 0 Å². The van der Waals surface area contributed by atoms with E-state index in [-0.39, 0.29) is 23.3 Å². The number of halogens is 1. The van der Waals surface area contributed by atoms with Gasteiger partial charge in [-0.3, -0.25) is 4.79 Å². The molecule has 2 rings (SSSR count). The topological polar surface area (TPSA) is 56.8 Å². The largest absolute Gasteiger partial charge is 0.494 e. The Hall–Kier alpha value is -1.66. The number of benzene rings is 1. The predicted octanol–water partition coefficient (Wildman–Crippen LogP) is 1.72. The van der Waals surface area contributed by atoms with Crippen LogP contribution in [0.2, 0.25) is 0 Å². The van der Waals surface area contributed by atoms with Gasteiger partial charge in [0.05, 0.1) is 13.7 Å². The van der Waals surface area contributed by atoms with E-state index in [0.29, 0.717) is 13.2 Å². The van der Waals surface area contributed by atoms with Crippen molar-refractivity contribution in [1.82, 2.24) is 5.32 Å². The highest BCUT2D eigenvalue weighted by atomic mass is 19.1. The van der Waals surface area contributed by atoms with Crippen molar-refractivity contribution < 1.29 is 23.4 Å². The van der Waals surface area contributed by atoms with Crippen LogP contribution in [0.3, 0.4) is 0 Å². The lowest BCUT2D eigenvalue weighted by Gasteiger charge is -2.17. The Morgan fingerprint density at radius 2 is 2.30 bits per heavy atom. The van der Waals surface area contributed by atoms with Crippen LogP contribution in [0.4, 0.5) is 4.39 Å². The number of rotatable bonds is 4. The Morgan fingerprint density at radius 1 is 1.55 bits per heavy atom. The van der Waals surface area contributed by atoms with Crippen LogP contribution in [-0.4, -0.2) is 38.1 Å². The molecular formula is C14H18FNO4. The minimum atomic E-state index is -0.623. The van der Waals surface area contributed by atoms with Gasteiger partial charge in [0.1, 0.15) is 6.10 Å². The average molecular weight is 283 g/mol. The fourth-order valence-corrected chi connectivity index (χ4v) is 1.98.